The monoisotopic (exact) mass is 724 g/mol. The number of hydrazine groups is 1. The second-order valence-corrected chi connectivity index (χ2v) is 14.2. The molecule has 0 aliphatic carbocycles. The Bertz CT molecular complexity index is 1820. The summed E-state index contributed by atoms with van der Waals surface area (Å²) in [5.74, 6) is -1.37. The minimum atomic E-state index is -4.00. The van der Waals surface area contributed by atoms with E-state index in [9.17, 15) is 12.8 Å². The second-order valence-electron chi connectivity index (χ2n) is 11.7. The highest BCUT2D eigenvalue weighted by Gasteiger charge is 2.33. The number of sulfonamides is 1. The highest BCUT2D eigenvalue weighted by molar-refractivity contribution is 7.90. The number of hydrogen-bond acceptors (Lipinski definition) is 6. The van der Waals surface area contributed by atoms with E-state index in [2.05, 4.69) is 16.5 Å². The Morgan fingerprint density at radius 3 is 2.12 bits per heavy atom. The van der Waals surface area contributed by atoms with E-state index in [1.165, 1.54) is 42.7 Å². The van der Waals surface area contributed by atoms with Crippen molar-refractivity contribution in [3.8, 4) is 0 Å². The standard InChI is InChI=1S/C37H39Cl2FN4O4S/c1-47-37(48-2,30-14-20-33(40)21-15-30)24-8-3-4-9-25-43(27-41-49(45,46)34-22-18-32(39)19-23-34)44-26-35(28-10-6-5-7-11-28)36(42-44)29-12-16-31(38)17-13-29/h5-7,10-23,27,35H,3-4,8-9,24-26H2,1-2H3. The molecule has 1 heterocycles. The van der Waals surface area contributed by atoms with Crippen LogP contribution in [0.1, 0.15) is 54.7 Å². The van der Waals surface area contributed by atoms with E-state index in [0.29, 0.717) is 29.6 Å². The Morgan fingerprint density at radius 2 is 1.49 bits per heavy atom. The molecule has 49 heavy (non-hydrogen) atoms. The lowest BCUT2D eigenvalue weighted by Gasteiger charge is -2.31. The molecule has 1 atom stereocenters. The summed E-state index contributed by atoms with van der Waals surface area (Å²) in [6.07, 6.45) is 5.14. The average molecular weight is 726 g/mol. The van der Waals surface area contributed by atoms with Gasteiger partial charge in [-0.3, -0.25) is 5.01 Å². The summed E-state index contributed by atoms with van der Waals surface area (Å²) < 4.78 is 55.5. The Kier molecular flexibility index (Phi) is 12.5. The molecular weight excluding hydrogens is 686 g/mol. The third-order valence-electron chi connectivity index (χ3n) is 8.55. The third kappa shape index (κ3) is 9.26. The molecule has 0 fully saturated rings. The molecule has 0 saturated heterocycles. The Balaban J connectivity index is 1.33. The number of halogens is 3. The number of rotatable bonds is 16. The van der Waals surface area contributed by atoms with Gasteiger partial charge in [0.05, 0.1) is 23.1 Å². The quantitative estimate of drug-likeness (QED) is 0.0498. The fraction of sp³-hybridized carbons (Fsp3) is 0.297. The summed E-state index contributed by atoms with van der Waals surface area (Å²) in [4.78, 5) is 0.0444. The van der Waals surface area contributed by atoms with Gasteiger partial charge in [0.2, 0.25) is 0 Å². The fourth-order valence-corrected chi connectivity index (χ4v) is 6.93. The van der Waals surface area contributed by atoms with Gasteiger partial charge < -0.3 is 9.47 Å². The second kappa shape index (κ2) is 16.7. The molecule has 0 bridgehead atoms. The van der Waals surface area contributed by atoms with E-state index in [-0.39, 0.29) is 16.6 Å². The SMILES string of the molecule is COC(CCCCCCN(C=NS(=O)(=O)c1ccc(Cl)cc1)N1CC(c2ccccc2)C(c2ccc(Cl)cc2)=N1)(OC)c1ccc(F)cc1. The number of hydrazone groups is 1. The van der Waals surface area contributed by atoms with E-state index in [0.717, 1.165) is 48.1 Å². The van der Waals surface area contributed by atoms with Gasteiger partial charge in [-0.25, -0.2) is 9.51 Å². The van der Waals surface area contributed by atoms with Crippen LogP contribution in [0.5, 0.6) is 0 Å². The van der Waals surface area contributed by atoms with Gasteiger partial charge in [-0.1, -0.05) is 90.6 Å². The molecule has 4 aromatic rings. The van der Waals surface area contributed by atoms with Crippen LogP contribution in [0.25, 0.3) is 0 Å². The summed E-state index contributed by atoms with van der Waals surface area (Å²) in [7, 11) is -0.834. The molecule has 1 unspecified atom stereocenters. The molecule has 0 amide bonds. The third-order valence-corrected chi connectivity index (χ3v) is 10.3. The molecule has 0 N–H and O–H groups in total. The normalized spacial score (nSPS) is 15.2. The number of nitrogens with zero attached hydrogens (tertiary/aromatic N) is 4. The fourth-order valence-electron chi connectivity index (χ4n) is 5.85. The number of hydrogen-bond donors (Lipinski definition) is 0. The van der Waals surface area contributed by atoms with Crippen LogP contribution in [0, 0.1) is 5.82 Å². The van der Waals surface area contributed by atoms with Crippen molar-refractivity contribution in [3.05, 3.63) is 136 Å². The van der Waals surface area contributed by atoms with Gasteiger partial charge in [0, 0.05) is 42.8 Å². The van der Waals surface area contributed by atoms with Crippen molar-refractivity contribution in [2.75, 3.05) is 27.3 Å². The zero-order valence-corrected chi connectivity index (χ0v) is 29.7. The van der Waals surface area contributed by atoms with E-state index in [4.69, 9.17) is 37.8 Å². The molecular formula is C37H39Cl2FN4O4S. The van der Waals surface area contributed by atoms with E-state index in [1.807, 2.05) is 42.5 Å². The van der Waals surface area contributed by atoms with Crippen molar-refractivity contribution in [3.63, 3.8) is 0 Å². The highest BCUT2D eigenvalue weighted by atomic mass is 35.5. The van der Waals surface area contributed by atoms with E-state index in [1.54, 1.807) is 36.5 Å². The first-order valence-corrected chi connectivity index (χ1v) is 18.2. The predicted octanol–water partition coefficient (Wildman–Crippen LogP) is 8.67. The molecule has 12 heteroatoms. The van der Waals surface area contributed by atoms with Gasteiger partial charge in [-0.2, -0.15) is 13.5 Å². The molecule has 258 valence electrons. The van der Waals surface area contributed by atoms with Crippen molar-refractivity contribution in [1.29, 1.82) is 0 Å². The highest BCUT2D eigenvalue weighted by Crippen LogP contribution is 2.33. The van der Waals surface area contributed by atoms with Gasteiger partial charge in [-0.15, -0.1) is 4.40 Å². The van der Waals surface area contributed by atoms with Crippen LogP contribution in [-0.4, -0.2) is 57.9 Å². The molecule has 5 rings (SSSR count). The van der Waals surface area contributed by atoms with Gasteiger partial charge in [-0.05, 0) is 72.5 Å². The maximum absolute atomic E-state index is 13.6. The Morgan fingerprint density at radius 1 is 0.878 bits per heavy atom. The van der Waals surface area contributed by atoms with Crippen molar-refractivity contribution in [1.82, 2.24) is 10.1 Å². The summed E-state index contributed by atoms with van der Waals surface area (Å²) in [6.45, 7) is 0.951. The molecule has 0 aromatic heterocycles. The topological polar surface area (TPSA) is 83.8 Å². The lowest BCUT2D eigenvalue weighted by Crippen LogP contribution is -2.38. The van der Waals surface area contributed by atoms with Crippen molar-refractivity contribution in [2.45, 2.75) is 48.7 Å². The Hall–Kier alpha value is -3.80. The summed E-state index contributed by atoms with van der Waals surface area (Å²) in [6, 6.07) is 29.7. The van der Waals surface area contributed by atoms with Crippen LogP contribution < -0.4 is 0 Å². The first kappa shape index (κ1) is 36.5. The van der Waals surface area contributed by atoms with Gasteiger partial charge >= 0.3 is 0 Å². The zero-order valence-electron chi connectivity index (χ0n) is 27.4. The van der Waals surface area contributed by atoms with Gasteiger partial charge in [0.25, 0.3) is 10.0 Å². The zero-order chi connectivity index (χ0) is 34.9. The molecule has 1 aliphatic heterocycles. The predicted molar refractivity (Wildman–Crippen MR) is 193 cm³/mol. The maximum Gasteiger partial charge on any atom is 0.283 e. The molecule has 0 spiro atoms. The molecule has 0 saturated carbocycles. The van der Waals surface area contributed by atoms with Crippen LogP contribution in [0.3, 0.4) is 0 Å². The number of benzene rings is 4. The van der Waals surface area contributed by atoms with Crippen molar-refractivity contribution < 1.29 is 22.3 Å². The largest absolute Gasteiger partial charge is 0.349 e. The maximum atomic E-state index is 13.6. The minimum absolute atomic E-state index is 0.0444. The van der Waals surface area contributed by atoms with Crippen LogP contribution in [0.4, 0.5) is 4.39 Å². The van der Waals surface area contributed by atoms with Gasteiger partial charge in [0.15, 0.2) is 5.79 Å². The molecule has 8 nitrogen and oxygen atoms in total. The summed E-state index contributed by atoms with van der Waals surface area (Å²) >= 11 is 12.2. The molecule has 4 aromatic carbocycles. The molecule has 1 aliphatic rings. The summed E-state index contributed by atoms with van der Waals surface area (Å²) in [5.41, 5.74) is 3.61. The number of methoxy groups -OCH3 is 2. The number of unbranched alkanes of at least 4 members (excludes halogenated alkanes) is 3. The van der Waals surface area contributed by atoms with Gasteiger partial charge in [0.1, 0.15) is 12.2 Å². The lowest BCUT2D eigenvalue weighted by atomic mass is 9.91. The van der Waals surface area contributed by atoms with Crippen LogP contribution in [0.15, 0.2) is 118 Å². The molecule has 0 radical (unpaired) electrons. The van der Waals surface area contributed by atoms with Crippen LogP contribution in [-0.2, 0) is 25.3 Å². The van der Waals surface area contributed by atoms with Crippen LogP contribution in [0.2, 0.25) is 10.0 Å². The first-order chi connectivity index (χ1) is 23.6. The lowest BCUT2D eigenvalue weighted by molar-refractivity contribution is -0.221. The minimum Gasteiger partial charge on any atom is -0.349 e. The summed E-state index contributed by atoms with van der Waals surface area (Å²) in [5, 5.41) is 9.62. The van der Waals surface area contributed by atoms with E-state index < -0.39 is 15.8 Å². The van der Waals surface area contributed by atoms with E-state index >= 15 is 0 Å². The average Bonchev–Trinajstić information content (AvgIpc) is 3.56. The van der Waals surface area contributed by atoms with Crippen LogP contribution >= 0.6 is 23.2 Å². The van der Waals surface area contributed by atoms with Crippen molar-refractivity contribution >= 4 is 45.3 Å². The van der Waals surface area contributed by atoms with Crippen molar-refractivity contribution in [2.24, 2.45) is 9.50 Å². The smallest absolute Gasteiger partial charge is 0.283 e. The number of ether oxygens (including phenoxy) is 2. The Labute approximate surface area is 297 Å². The first-order valence-electron chi connectivity index (χ1n) is 16.0.